The molecule has 0 radical (unpaired) electrons. The molecule has 9 heteroatoms. The van der Waals surface area contributed by atoms with Gasteiger partial charge in [-0.3, -0.25) is 0 Å². The van der Waals surface area contributed by atoms with E-state index in [0.29, 0.717) is 24.6 Å². The standard InChI is InChI=1S/C24H27F2N5O2/c1-30-12-10-27-23(30)22(17-3-6-19(33-2)7-4-17)29-24(32)28-14-16-9-11-31(15-16)18-5-8-20(25)21(26)13-18/h3-8,10,12-13,16,22H,9,11,14-15H2,1-2H3,(H2,28,29,32). The van der Waals surface area contributed by atoms with Crippen molar-refractivity contribution in [2.24, 2.45) is 13.0 Å². The number of benzene rings is 2. The molecule has 1 aliphatic heterocycles. The number of amides is 2. The van der Waals surface area contributed by atoms with E-state index >= 15 is 0 Å². The smallest absolute Gasteiger partial charge is 0.315 e. The number of hydrogen-bond donors (Lipinski definition) is 2. The van der Waals surface area contributed by atoms with Gasteiger partial charge in [-0.15, -0.1) is 0 Å². The zero-order chi connectivity index (χ0) is 23.4. The molecule has 0 saturated carbocycles. The molecule has 1 aromatic heterocycles. The lowest BCUT2D eigenvalue weighted by Gasteiger charge is -2.21. The molecule has 33 heavy (non-hydrogen) atoms. The van der Waals surface area contributed by atoms with Gasteiger partial charge in [0.25, 0.3) is 0 Å². The summed E-state index contributed by atoms with van der Waals surface area (Å²) < 4.78 is 33.9. The van der Waals surface area contributed by atoms with E-state index in [0.717, 1.165) is 30.3 Å². The third kappa shape index (κ3) is 5.24. The fraction of sp³-hybridized carbons (Fsp3) is 0.333. The van der Waals surface area contributed by atoms with Gasteiger partial charge in [0.1, 0.15) is 17.6 Å². The van der Waals surface area contributed by atoms with E-state index in [1.165, 1.54) is 6.07 Å². The third-order valence-electron chi connectivity index (χ3n) is 5.95. The minimum atomic E-state index is -0.855. The first-order valence-electron chi connectivity index (χ1n) is 10.8. The molecule has 2 heterocycles. The van der Waals surface area contributed by atoms with Gasteiger partial charge in [0.2, 0.25) is 0 Å². The molecule has 1 fully saturated rings. The van der Waals surface area contributed by atoms with Gasteiger partial charge in [0, 0.05) is 50.8 Å². The number of ether oxygens (including phenoxy) is 1. The maximum Gasteiger partial charge on any atom is 0.315 e. The second-order valence-corrected chi connectivity index (χ2v) is 8.16. The fourth-order valence-electron chi connectivity index (χ4n) is 4.08. The van der Waals surface area contributed by atoms with Crippen LogP contribution in [-0.2, 0) is 7.05 Å². The molecule has 0 aliphatic carbocycles. The largest absolute Gasteiger partial charge is 0.497 e. The van der Waals surface area contributed by atoms with Crippen molar-refractivity contribution in [2.75, 3.05) is 31.6 Å². The number of halogens is 2. The Labute approximate surface area is 191 Å². The second-order valence-electron chi connectivity index (χ2n) is 8.16. The summed E-state index contributed by atoms with van der Waals surface area (Å²) in [6.07, 6.45) is 4.37. The quantitative estimate of drug-likeness (QED) is 0.571. The van der Waals surface area contributed by atoms with Crippen molar-refractivity contribution in [3.05, 3.63) is 77.9 Å². The van der Waals surface area contributed by atoms with Crippen molar-refractivity contribution in [3.63, 3.8) is 0 Å². The van der Waals surface area contributed by atoms with Crippen molar-refractivity contribution in [3.8, 4) is 5.75 Å². The summed E-state index contributed by atoms with van der Waals surface area (Å²) in [5.74, 6) is -0.0648. The van der Waals surface area contributed by atoms with Crippen LogP contribution in [0, 0.1) is 17.6 Å². The molecule has 174 valence electrons. The highest BCUT2D eigenvalue weighted by atomic mass is 19.2. The molecule has 2 unspecified atom stereocenters. The van der Waals surface area contributed by atoms with Crippen LogP contribution in [0.25, 0.3) is 0 Å². The number of methoxy groups -OCH3 is 1. The molecule has 3 aromatic rings. The van der Waals surface area contributed by atoms with E-state index in [1.54, 1.807) is 19.4 Å². The Morgan fingerprint density at radius 2 is 2.00 bits per heavy atom. The number of anilines is 1. The van der Waals surface area contributed by atoms with Gasteiger partial charge in [0.05, 0.1) is 7.11 Å². The lowest BCUT2D eigenvalue weighted by atomic mass is 10.1. The third-order valence-corrected chi connectivity index (χ3v) is 5.95. The van der Waals surface area contributed by atoms with Crippen LogP contribution in [0.15, 0.2) is 54.9 Å². The Hall–Kier alpha value is -3.62. The molecule has 2 amide bonds. The van der Waals surface area contributed by atoms with Crippen LogP contribution in [0.4, 0.5) is 19.3 Å². The first-order chi connectivity index (χ1) is 15.9. The molecule has 7 nitrogen and oxygen atoms in total. The second kappa shape index (κ2) is 9.89. The first kappa shape index (κ1) is 22.6. The van der Waals surface area contributed by atoms with Crippen LogP contribution >= 0.6 is 0 Å². The van der Waals surface area contributed by atoms with Gasteiger partial charge in [-0.05, 0) is 42.2 Å². The van der Waals surface area contributed by atoms with E-state index in [2.05, 4.69) is 15.6 Å². The van der Waals surface area contributed by atoms with Crippen LogP contribution < -0.4 is 20.3 Å². The summed E-state index contributed by atoms with van der Waals surface area (Å²) in [5.41, 5.74) is 1.53. The minimum Gasteiger partial charge on any atom is -0.497 e. The van der Waals surface area contributed by atoms with Crippen molar-refractivity contribution in [2.45, 2.75) is 12.5 Å². The number of carbonyl (C=O) groups excluding carboxylic acids is 1. The molecule has 1 saturated heterocycles. The molecular weight excluding hydrogens is 428 g/mol. The SMILES string of the molecule is COc1ccc(C(NC(=O)NCC2CCN(c3ccc(F)c(F)c3)C2)c2nccn2C)cc1. The van der Waals surface area contributed by atoms with Gasteiger partial charge in [-0.2, -0.15) is 0 Å². The van der Waals surface area contributed by atoms with E-state index in [1.807, 2.05) is 47.0 Å². The molecule has 0 bridgehead atoms. The Morgan fingerprint density at radius 1 is 1.21 bits per heavy atom. The predicted octanol–water partition coefficient (Wildman–Crippen LogP) is 3.62. The summed E-state index contributed by atoms with van der Waals surface area (Å²) >= 11 is 0. The maximum absolute atomic E-state index is 13.6. The molecule has 1 aliphatic rings. The topological polar surface area (TPSA) is 71.4 Å². The number of carbonyl (C=O) groups is 1. The average molecular weight is 456 g/mol. The molecule has 2 aromatic carbocycles. The molecule has 4 rings (SSSR count). The fourth-order valence-corrected chi connectivity index (χ4v) is 4.08. The Morgan fingerprint density at radius 3 is 2.67 bits per heavy atom. The van der Waals surface area contributed by atoms with E-state index < -0.39 is 17.7 Å². The van der Waals surface area contributed by atoms with Crippen LogP contribution in [0.2, 0.25) is 0 Å². The van der Waals surface area contributed by atoms with Gasteiger partial charge < -0.3 is 24.8 Å². The van der Waals surface area contributed by atoms with Crippen molar-refractivity contribution >= 4 is 11.7 Å². The highest BCUT2D eigenvalue weighted by Gasteiger charge is 2.25. The number of nitrogens with one attached hydrogen (secondary N) is 2. The van der Waals surface area contributed by atoms with Gasteiger partial charge in [0.15, 0.2) is 11.6 Å². The number of hydrogen-bond acceptors (Lipinski definition) is 4. The number of imidazole rings is 1. The van der Waals surface area contributed by atoms with Crippen molar-refractivity contribution in [1.82, 2.24) is 20.2 Å². The summed E-state index contributed by atoms with van der Waals surface area (Å²) in [4.78, 5) is 19.2. The van der Waals surface area contributed by atoms with Crippen LogP contribution in [0.3, 0.4) is 0 Å². The summed E-state index contributed by atoms with van der Waals surface area (Å²) in [6, 6.07) is 10.7. The van der Waals surface area contributed by atoms with Gasteiger partial charge in [-0.25, -0.2) is 18.6 Å². The summed E-state index contributed by atoms with van der Waals surface area (Å²) in [6.45, 7) is 1.86. The lowest BCUT2D eigenvalue weighted by molar-refractivity contribution is 0.236. The van der Waals surface area contributed by atoms with E-state index in [9.17, 15) is 13.6 Å². The molecule has 2 N–H and O–H groups in total. The zero-order valence-electron chi connectivity index (χ0n) is 18.6. The normalized spacial score (nSPS) is 16.5. The lowest BCUT2D eigenvalue weighted by Crippen LogP contribution is -2.41. The minimum absolute atomic E-state index is 0.205. The van der Waals surface area contributed by atoms with Crippen LogP contribution in [-0.4, -0.2) is 42.3 Å². The number of rotatable bonds is 7. The number of aryl methyl sites for hydroxylation is 1. The zero-order valence-corrected chi connectivity index (χ0v) is 18.6. The Balaban J connectivity index is 1.37. The first-order valence-corrected chi connectivity index (χ1v) is 10.8. The number of urea groups is 1. The highest BCUT2D eigenvalue weighted by Crippen LogP contribution is 2.26. The van der Waals surface area contributed by atoms with Gasteiger partial charge >= 0.3 is 6.03 Å². The maximum atomic E-state index is 13.6. The van der Waals surface area contributed by atoms with E-state index in [4.69, 9.17) is 4.74 Å². The van der Waals surface area contributed by atoms with Crippen LogP contribution in [0.1, 0.15) is 23.9 Å². The monoisotopic (exact) mass is 455 g/mol. The van der Waals surface area contributed by atoms with E-state index in [-0.39, 0.29) is 11.9 Å². The number of aromatic nitrogens is 2. The van der Waals surface area contributed by atoms with Crippen molar-refractivity contribution < 1.29 is 18.3 Å². The Bertz CT molecular complexity index is 1100. The Kier molecular flexibility index (Phi) is 6.76. The molecular formula is C24H27F2N5O2. The van der Waals surface area contributed by atoms with Gasteiger partial charge in [-0.1, -0.05) is 12.1 Å². The average Bonchev–Trinajstić information content (AvgIpc) is 3.47. The number of nitrogens with zero attached hydrogens (tertiary/aromatic N) is 3. The van der Waals surface area contributed by atoms with Crippen molar-refractivity contribution in [1.29, 1.82) is 0 Å². The summed E-state index contributed by atoms with van der Waals surface area (Å²) in [5, 5.41) is 5.96. The summed E-state index contributed by atoms with van der Waals surface area (Å²) in [7, 11) is 3.48. The molecule has 2 atom stereocenters. The predicted molar refractivity (Wildman–Crippen MR) is 121 cm³/mol. The molecule has 0 spiro atoms. The van der Waals surface area contributed by atoms with Crippen LogP contribution in [0.5, 0.6) is 5.75 Å². The highest BCUT2D eigenvalue weighted by molar-refractivity contribution is 5.75.